The molecule has 12 nitrogen and oxygen atoms in total. The number of aliphatic imine (C=N–C) groups is 1. The Morgan fingerprint density at radius 2 is 1.71 bits per heavy atom. The van der Waals surface area contributed by atoms with Crippen molar-refractivity contribution in [2.24, 2.45) is 28.7 Å². The molecule has 1 saturated heterocycles. The summed E-state index contributed by atoms with van der Waals surface area (Å²) < 4.78 is 0. The first-order chi connectivity index (χ1) is 21.4. The van der Waals surface area contributed by atoms with Crippen molar-refractivity contribution in [3.8, 4) is 0 Å². The van der Waals surface area contributed by atoms with Gasteiger partial charge in [-0.2, -0.15) is 0 Å². The molecule has 3 rings (SSSR count). The van der Waals surface area contributed by atoms with Crippen molar-refractivity contribution in [2.75, 3.05) is 26.2 Å². The minimum atomic E-state index is -1.28. The molecule has 1 aliphatic carbocycles. The Labute approximate surface area is 268 Å². The number of hydrogen-bond acceptors (Lipinski definition) is 8. The Bertz CT molecular complexity index is 1070. The van der Waals surface area contributed by atoms with Gasteiger partial charge in [-0.25, -0.2) is 0 Å². The van der Waals surface area contributed by atoms with E-state index in [9.17, 15) is 24.0 Å². The van der Waals surface area contributed by atoms with Crippen molar-refractivity contribution < 1.29 is 24.0 Å². The molecule has 0 radical (unpaired) electrons. The molecule has 12 heteroatoms. The van der Waals surface area contributed by atoms with Gasteiger partial charge in [0.15, 0.2) is 11.7 Å². The van der Waals surface area contributed by atoms with E-state index in [-0.39, 0.29) is 48.8 Å². The van der Waals surface area contributed by atoms with Crippen LogP contribution in [0.3, 0.4) is 0 Å². The highest BCUT2D eigenvalue weighted by Crippen LogP contribution is 2.28. The fourth-order valence-electron chi connectivity index (χ4n) is 6.24. The number of nitrogens with zero attached hydrogens (tertiary/aromatic N) is 1. The second-order valence-electron chi connectivity index (χ2n) is 13.9. The molecule has 3 aliphatic rings. The first-order valence-corrected chi connectivity index (χ1v) is 17.2. The first-order valence-electron chi connectivity index (χ1n) is 17.2. The summed E-state index contributed by atoms with van der Waals surface area (Å²) in [5.74, 6) is -1.14. The fraction of sp³-hybridized carbons (Fsp3) is 0.818. The van der Waals surface area contributed by atoms with Crippen LogP contribution < -0.4 is 31.9 Å². The maximum Gasteiger partial charge on any atom is 0.243 e. The van der Waals surface area contributed by atoms with Crippen LogP contribution in [0.1, 0.15) is 105 Å². The predicted molar refractivity (Wildman–Crippen MR) is 174 cm³/mol. The lowest BCUT2D eigenvalue weighted by Crippen LogP contribution is -2.58. The van der Waals surface area contributed by atoms with Gasteiger partial charge in [0.25, 0.3) is 0 Å². The van der Waals surface area contributed by atoms with E-state index in [1.165, 1.54) is 6.42 Å². The number of Topliss-reactive ketones (excluding diaryl/α,β-unsaturated/α-hetero) is 1. The number of ketones is 1. The quantitative estimate of drug-likeness (QED) is 0.211. The van der Waals surface area contributed by atoms with Crippen LogP contribution in [0.25, 0.3) is 0 Å². The van der Waals surface area contributed by atoms with Crippen molar-refractivity contribution in [1.82, 2.24) is 31.9 Å². The highest BCUT2D eigenvalue weighted by atomic mass is 16.2. The van der Waals surface area contributed by atoms with Gasteiger partial charge in [-0.15, -0.1) is 0 Å². The van der Waals surface area contributed by atoms with Crippen molar-refractivity contribution in [2.45, 2.75) is 123 Å². The Morgan fingerprint density at radius 1 is 1.00 bits per heavy atom. The lowest BCUT2D eigenvalue weighted by Gasteiger charge is -2.33. The second-order valence-corrected chi connectivity index (χ2v) is 13.9. The van der Waals surface area contributed by atoms with Gasteiger partial charge in [0.05, 0.1) is 5.54 Å². The number of rotatable bonds is 9. The summed E-state index contributed by atoms with van der Waals surface area (Å²) >= 11 is 0. The van der Waals surface area contributed by atoms with Gasteiger partial charge in [-0.1, -0.05) is 59.8 Å². The summed E-state index contributed by atoms with van der Waals surface area (Å²) in [6.45, 7) is 11.4. The van der Waals surface area contributed by atoms with Gasteiger partial charge in [0, 0.05) is 44.4 Å². The normalized spacial score (nSPS) is 29.4. The minimum absolute atomic E-state index is 0.103. The standard InChI is InChI=1S/C33H57N7O5/c1-6-25-31(45)39-26(17-23-11-8-7-9-12-23)30(44)34-16-14-33(5,40-28(42)21(2)3)27(41)18-24(29(43)38-25)13-10-15-35-32-36-19-22(4)20-37-32/h21-26H,6-20H2,1-5H3,(H,34,44)(H,38,43)(H,39,45)(H,40,42)(H2,35,36,37)/t24-,25-,26+,33+/m0/s1. The van der Waals surface area contributed by atoms with Crippen LogP contribution in [0, 0.1) is 23.7 Å². The Hall–Kier alpha value is -3.18. The van der Waals surface area contributed by atoms with E-state index in [0.717, 1.165) is 44.7 Å². The monoisotopic (exact) mass is 631 g/mol. The topological polar surface area (TPSA) is 170 Å². The third kappa shape index (κ3) is 11.3. The lowest BCUT2D eigenvalue weighted by molar-refractivity contribution is -0.137. The molecular weight excluding hydrogens is 574 g/mol. The number of nitrogens with one attached hydrogen (secondary N) is 6. The molecule has 1 unspecified atom stereocenters. The second kappa shape index (κ2) is 17.5. The van der Waals surface area contributed by atoms with Crippen molar-refractivity contribution in [1.29, 1.82) is 0 Å². The third-order valence-electron chi connectivity index (χ3n) is 9.43. The van der Waals surface area contributed by atoms with Crippen LogP contribution in [0.4, 0.5) is 0 Å². The molecule has 0 aromatic rings. The number of guanidine groups is 1. The molecular formula is C33H57N7O5. The van der Waals surface area contributed by atoms with Gasteiger partial charge in [0.1, 0.15) is 12.1 Å². The molecule has 0 aromatic heterocycles. The average molecular weight is 632 g/mol. The summed E-state index contributed by atoms with van der Waals surface area (Å²) in [5.41, 5.74) is -1.28. The van der Waals surface area contributed by atoms with E-state index in [1.54, 1.807) is 20.8 Å². The highest BCUT2D eigenvalue weighted by Gasteiger charge is 2.39. The molecule has 5 atom stereocenters. The van der Waals surface area contributed by atoms with Gasteiger partial charge in [-0.3, -0.25) is 29.0 Å². The maximum atomic E-state index is 13.9. The zero-order chi connectivity index (χ0) is 33.0. The van der Waals surface area contributed by atoms with Gasteiger partial charge >= 0.3 is 0 Å². The Kier molecular flexibility index (Phi) is 14.1. The van der Waals surface area contributed by atoms with Crippen molar-refractivity contribution in [3.05, 3.63) is 0 Å². The van der Waals surface area contributed by atoms with E-state index in [0.29, 0.717) is 44.1 Å². The summed E-state index contributed by atoms with van der Waals surface area (Å²) in [4.78, 5) is 71.8. The van der Waals surface area contributed by atoms with E-state index in [1.807, 2.05) is 6.92 Å². The largest absolute Gasteiger partial charge is 0.356 e. The molecule has 254 valence electrons. The van der Waals surface area contributed by atoms with E-state index in [4.69, 9.17) is 0 Å². The minimum Gasteiger partial charge on any atom is -0.356 e. The van der Waals surface area contributed by atoms with Crippen LogP contribution in [-0.2, 0) is 24.0 Å². The average Bonchev–Trinajstić information content (AvgIpc) is 3.01. The van der Waals surface area contributed by atoms with Crippen LogP contribution in [0.15, 0.2) is 4.99 Å². The van der Waals surface area contributed by atoms with E-state index >= 15 is 0 Å². The van der Waals surface area contributed by atoms with Crippen LogP contribution in [0.5, 0.6) is 0 Å². The van der Waals surface area contributed by atoms with Gasteiger partial charge < -0.3 is 31.9 Å². The summed E-state index contributed by atoms with van der Waals surface area (Å²) in [6.07, 6.45) is 7.35. The fourth-order valence-corrected chi connectivity index (χ4v) is 6.24. The van der Waals surface area contributed by atoms with Crippen LogP contribution in [-0.4, -0.2) is 79.2 Å². The number of hydrogen-bond donors (Lipinski definition) is 6. The van der Waals surface area contributed by atoms with Crippen LogP contribution in [0.2, 0.25) is 0 Å². The zero-order valence-corrected chi connectivity index (χ0v) is 28.1. The molecule has 2 fully saturated rings. The smallest absolute Gasteiger partial charge is 0.243 e. The Morgan fingerprint density at radius 3 is 2.36 bits per heavy atom. The molecule has 1 saturated carbocycles. The molecule has 0 aromatic carbocycles. The highest BCUT2D eigenvalue weighted by molar-refractivity contribution is 5.97. The zero-order valence-electron chi connectivity index (χ0n) is 28.1. The molecule has 0 bridgehead atoms. The number of carbonyl (C=O) groups is 5. The lowest BCUT2D eigenvalue weighted by atomic mass is 9.83. The van der Waals surface area contributed by atoms with E-state index in [2.05, 4.69) is 43.8 Å². The summed E-state index contributed by atoms with van der Waals surface area (Å²) in [7, 11) is 0. The van der Waals surface area contributed by atoms with Crippen molar-refractivity contribution in [3.63, 3.8) is 0 Å². The predicted octanol–water partition coefficient (Wildman–Crippen LogP) is 1.93. The Balaban J connectivity index is 1.81. The molecule has 0 spiro atoms. The molecule has 6 N–H and O–H groups in total. The number of amides is 4. The van der Waals surface area contributed by atoms with Crippen molar-refractivity contribution >= 4 is 35.4 Å². The molecule has 2 aliphatic heterocycles. The van der Waals surface area contributed by atoms with E-state index < -0.39 is 29.4 Å². The molecule has 45 heavy (non-hydrogen) atoms. The number of carbonyl (C=O) groups excluding carboxylic acids is 5. The maximum absolute atomic E-state index is 13.9. The third-order valence-corrected chi connectivity index (χ3v) is 9.43. The van der Waals surface area contributed by atoms with Gasteiger partial charge in [0.2, 0.25) is 23.6 Å². The van der Waals surface area contributed by atoms with Crippen LogP contribution >= 0.6 is 0 Å². The SMILES string of the molecule is CC[C@@H]1NC(=O)[C@@H](CCCNC2=NCC(C)CN2)CC(=O)[C@](C)(NC(=O)C(C)C)CCNC(=O)[C@@H](CC2CCCCC2)NC1=O. The summed E-state index contributed by atoms with van der Waals surface area (Å²) in [5, 5.41) is 18.2. The molecule has 4 amide bonds. The van der Waals surface area contributed by atoms with Gasteiger partial charge in [-0.05, 0) is 50.9 Å². The molecule has 2 heterocycles. The first kappa shape index (κ1) is 36.3. The summed E-state index contributed by atoms with van der Waals surface area (Å²) in [6, 6.07) is -1.59.